The van der Waals surface area contributed by atoms with E-state index in [9.17, 15) is 9.90 Å². The second-order valence-corrected chi connectivity index (χ2v) is 5.00. The zero-order valence-corrected chi connectivity index (χ0v) is 12.1. The van der Waals surface area contributed by atoms with Crippen LogP contribution in [-0.2, 0) is 6.54 Å². The molecule has 6 heteroatoms. The number of benzene rings is 1. The lowest BCUT2D eigenvalue weighted by Gasteiger charge is -2.09. The molecule has 3 rings (SSSR count). The molecule has 0 radical (unpaired) electrons. The van der Waals surface area contributed by atoms with Crippen LogP contribution in [0.4, 0.5) is 5.69 Å². The first-order valence-electron chi connectivity index (χ1n) is 6.53. The van der Waals surface area contributed by atoms with Gasteiger partial charge in [-0.1, -0.05) is 18.2 Å². The number of fused-ring (bicyclic) bond motifs is 1. The molecule has 106 valence electrons. The lowest BCUT2D eigenvalue weighted by Crippen LogP contribution is -2.16. The Morgan fingerprint density at radius 3 is 2.95 bits per heavy atom. The SMILES string of the molecule is CCn1c(O)c(/C=C2/C=Nc3ccccc32)c(=O)[nH]c1=S. The van der Waals surface area contributed by atoms with Gasteiger partial charge in [0, 0.05) is 23.9 Å². The van der Waals surface area contributed by atoms with Crippen LogP contribution < -0.4 is 5.56 Å². The third-order valence-corrected chi connectivity index (χ3v) is 3.70. The maximum atomic E-state index is 12.0. The smallest absolute Gasteiger partial charge is 0.262 e. The Balaban J connectivity index is 2.21. The third-order valence-electron chi connectivity index (χ3n) is 3.38. The van der Waals surface area contributed by atoms with E-state index in [0.717, 1.165) is 16.8 Å². The van der Waals surface area contributed by atoms with Crippen molar-refractivity contribution in [2.45, 2.75) is 13.5 Å². The van der Waals surface area contributed by atoms with Gasteiger partial charge in [0.2, 0.25) is 5.88 Å². The molecule has 5 nitrogen and oxygen atoms in total. The zero-order valence-electron chi connectivity index (χ0n) is 11.3. The molecule has 1 aliphatic heterocycles. The number of aromatic nitrogens is 2. The highest BCUT2D eigenvalue weighted by molar-refractivity contribution is 7.71. The highest BCUT2D eigenvalue weighted by atomic mass is 32.1. The molecule has 2 aromatic rings. The molecule has 0 saturated carbocycles. The summed E-state index contributed by atoms with van der Waals surface area (Å²) in [6, 6.07) is 7.63. The average Bonchev–Trinajstić information content (AvgIpc) is 2.87. The first-order chi connectivity index (χ1) is 10.1. The molecule has 2 heterocycles. The molecule has 0 aliphatic carbocycles. The van der Waals surface area contributed by atoms with Crippen molar-refractivity contribution < 1.29 is 5.11 Å². The van der Waals surface area contributed by atoms with E-state index in [0.29, 0.717) is 6.54 Å². The molecular formula is C15H13N3O2S. The molecule has 1 aromatic heterocycles. The fourth-order valence-electron chi connectivity index (χ4n) is 2.31. The normalized spacial score (nSPS) is 14.6. The van der Waals surface area contributed by atoms with Gasteiger partial charge in [0.25, 0.3) is 5.56 Å². The number of hydrogen-bond donors (Lipinski definition) is 2. The van der Waals surface area contributed by atoms with Crippen molar-refractivity contribution >= 4 is 35.8 Å². The van der Waals surface area contributed by atoms with Crippen molar-refractivity contribution in [2.24, 2.45) is 4.99 Å². The second kappa shape index (κ2) is 5.14. The monoisotopic (exact) mass is 299 g/mol. The van der Waals surface area contributed by atoms with Crippen LogP contribution >= 0.6 is 12.2 Å². The first kappa shape index (κ1) is 13.5. The van der Waals surface area contributed by atoms with Gasteiger partial charge >= 0.3 is 0 Å². The van der Waals surface area contributed by atoms with E-state index in [2.05, 4.69) is 9.98 Å². The summed E-state index contributed by atoms with van der Waals surface area (Å²) in [5.41, 5.74) is 2.34. The molecule has 0 fully saturated rings. The van der Waals surface area contributed by atoms with Gasteiger partial charge < -0.3 is 5.11 Å². The third kappa shape index (κ3) is 2.23. The molecule has 1 aliphatic rings. The summed E-state index contributed by atoms with van der Waals surface area (Å²) in [6.45, 7) is 2.32. The Hall–Kier alpha value is -2.47. The molecule has 0 unspecified atom stereocenters. The van der Waals surface area contributed by atoms with Gasteiger partial charge in [-0.15, -0.1) is 0 Å². The molecule has 2 N–H and O–H groups in total. The summed E-state index contributed by atoms with van der Waals surface area (Å²) >= 11 is 5.03. The number of nitrogens with one attached hydrogen (secondary N) is 1. The van der Waals surface area contributed by atoms with Crippen molar-refractivity contribution in [1.29, 1.82) is 0 Å². The Morgan fingerprint density at radius 2 is 2.19 bits per heavy atom. The number of para-hydroxylation sites is 1. The fraction of sp³-hybridized carbons (Fsp3) is 0.133. The number of hydrogen-bond acceptors (Lipinski definition) is 4. The maximum Gasteiger partial charge on any atom is 0.262 e. The predicted molar refractivity (Wildman–Crippen MR) is 85.7 cm³/mol. The molecule has 21 heavy (non-hydrogen) atoms. The zero-order chi connectivity index (χ0) is 15.0. The fourth-order valence-corrected chi connectivity index (χ4v) is 2.62. The minimum absolute atomic E-state index is 0.128. The Labute approximate surface area is 125 Å². The van der Waals surface area contributed by atoms with Gasteiger partial charge in [0.05, 0.1) is 5.69 Å². The lowest BCUT2D eigenvalue weighted by molar-refractivity contribution is 0.408. The Bertz CT molecular complexity index is 891. The van der Waals surface area contributed by atoms with Crippen LogP contribution in [0.3, 0.4) is 0 Å². The minimum atomic E-state index is -0.410. The highest BCUT2D eigenvalue weighted by Crippen LogP contribution is 2.32. The van der Waals surface area contributed by atoms with Crippen LogP contribution in [0, 0.1) is 4.77 Å². The lowest BCUT2D eigenvalue weighted by atomic mass is 10.1. The maximum absolute atomic E-state index is 12.0. The minimum Gasteiger partial charge on any atom is -0.494 e. The average molecular weight is 299 g/mol. The van der Waals surface area contributed by atoms with Gasteiger partial charge in [-0.05, 0) is 31.3 Å². The van der Waals surface area contributed by atoms with E-state index in [-0.39, 0.29) is 16.2 Å². The van der Waals surface area contributed by atoms with Crippen LogP contribution in [-0.4, -0.2) is 20.9 Å². The van der Waals surface area contributed by atoms with E-state index in [1.54, 1.807) is 12.3 Å². The second-order valence-electron chi connectivity index (χ2n) is 4.62. The summed E-state index contributed by atoms with van der Waals surface area (Å²) < 4.78 is 1.68. The van der Waals surface area contributed by atoms with Gasteiger partial charge in [-0.2, -0.15) is 0 Å². The van der Waals surface area contributed by atoms with E-state index in [4.69, 9.17) is 12.2 Å². The summed E-state index contributed by atoms with van der Waals surface area (Å²) in [4.78, 5) is 18.9. The number of nitrogens with zero attached hydrogens (tertiary/aromatic N) is 2. The summed E-state index contributed by atoms with van der Waals surface area (Å²) in [7, 11) is 0. The molecule has 0 saturated heterocycles. The van der Waals surface area contributed by atoms with Crippen LogP contribution in [0.25, 0.3) is 11.6 Å². The molecule has 0 amide bonds. The number of aliphatic imine (C=N–C) groups is 1. The predicted octanol–water partition coefficient (Wildman–Crippen LogP) is 2.89. The van der Waals surface area contributed by atoms with Gasteiger partial charge in [0.15, 0.2) is 4.77 Å². The molecule has 0 atom stereocenters. The number of aromatic amines is 1. The highest BCUT2D eigenvalue weighted by Gasteiger charge is 2.15. The van der Waals surface area contributed by atoms with Crippen LogP contribution in [0.2, 0.25) is 0 Å². The number of rotatable bonds is 2. The Morgan fingerprint density at radius 1 is 1.43 bits per heavy atom. The number of allylic oxidation sites excluding steroid dienone is 1. The van der Waals surface area contributed by atoms with E-state index in [1.165, 1.54) is 4.57 Å². The molecule has 0 spiro atoms. The Kier molecular flexibility index (Phi) is 3.31. The number of aromatic hydroxyl groups is 1. The quantitative estimate of drug-likeness (QED) is 0.838. The van der Waals surface area contributed by atoms with Crippen LogP contribution in [0.5, 0.6) is 5.88 Å². The molecule has 0 bridgehead atoms. The van der Waals surface area contributed by atoms with E-state index in [1.807, 2.05) is 31.2 Å². The van der Waals surface area contributed by atoms with E-state index >= 15 is 0 Å². The molecular weight excluding hydrogens is 286 g/mol. The summed E-state index contributed by atoms with van der Waals surface area (Å²) in [5, 5.41) is 10.2. The standard InChI is InChI=1S/C15H13N3O2S/c1-2-18-14(20)11(13(19)17-15(18)21)7-9-8-16-12-6-4-3-5-10(9)12/h3-8,20H,2H2,1H3,(H,17,19,21)/b9-7-. The first-order valence-corrected chi connectivity index (χ1v) is 6.94. The van der Waals surface area contributed by atoms with Crippen molar-refractivity contribution in [3.63, 3.8) is 0 Å². The number of H-pyrrole nitrogens is 1. The van der Waals surface area contributed by atoms with Crippen LogP contribution in [0.1, 0.15) is 18.1 Å². The van der Waals surface area contributed by atoms with Gasteiger partial charge in [0.1, 0.15) is 5.56 Å². The molecule has 1 aromatic carbocycles. The van der Waals surface area contributed by atoms with E-state index < -0.39 is 5.56 Å². The van der Waals surface area contributed by atoms with Gasteiger partial charge in [-0.25, -0.2) is 0 Å². The van der Waals surface area contributed by atoms with Crippen molar-refractivity contribution in [2.75, 3.05) is 0 Å². The summed E-state index contributed by atoms with van der Waals surface area (Å²) in [6.07, 6.45) is 3.31. The van der Waals surface area contributed by atoms with Crippen LogP contribution in [0.15, 0.2) is 34.1 Å². The van der Waals surface area contributed by atoms with Gasteiger partial charge in [-0.3, -0.25) is 19.3 Å². The van der Waals surface area contributed by atoms with Crippen molar-refractivity contribution in [3.05, 3.63) is 50.5 Å². The van der Waals surface area contributed by atoms with Crippen molar-refractivity contribution in [3.8, 4) is 5.88 Å². The largest absolute Gasteiger partial charge is 0.494 e. The van der Waals surface area contributed by atoms with Crippen molar-refractivity contribution in [1.82, 2.24) is 9.55 Å². The summed E-state index contributed by atoms with van der Waals surface area (Å²) in [5.74, 6) is -0.128. The topological polar surface area (TPSA) is 70.4 Å².